The first-order chi connectivity index (χ1) is 8.65. The molecule has 1 unspecified atom stereocenters. The van der Waals surface area contributed by atoms with Gasteiger partial charge in [-0.05, 0) is 25.2 Å². The smallest absolute Gasteiger partial charge is 0.242 e. The lowest BCUT2D eigenvalue weighted by Crippen LogP contribution is -2.45. The highest BCUT2D eigenvalue weighted by molar-refractivity contribution is 8.13. The van der Waals surface area contributed by atoms with Gasteiger partial charge in [0.15, 0.2) is 5.17 Å². The summed E-state index contributed by atoms with van der Waals surface area (Å²) in [5, 5.41) is 6.77. The fourth-order valence-corrected chi connectivity index (χ4v) is 3.95. The zero-order valence-corrected chi connectivity index (χ0v) is 12.1. The minimum atomic E-state index is -0.207. The highest BCUT2D eigenvalue weighted by atomic mass is 32.2. The van der Waals surface area contributed by atoms with Crippen LogP contribution >= 0.6 is 11.8 Å². The van der Waals surface area contributed by atoms with Crippen molar-refractivity contribution in [1.29, 1.82) is 0 Å². The summed E-state index contributed by atoms with van der Waals surface area (Å²) in [5.41, 5.74) is 0.449. The van der Waals surface area contributed by atoms with Gasteiger partial charge in [0.2, 0.25) is 5.91 Å². The van der Waals surface area contributed by atoms with Crippen molar-refractivity contribution in [2.45, 2.75) is 45.1 Å². The summed E-state index contributed by atoms with van der Waals surface area (Å²) in [6, 6.07) is -0.207. The van der Waals surface area contributed by atoms with Gasteiger partial charge in [-0.25, -0.2) is 0 Å². The molecule has 0 radical (unpaired) electrons. The Morgan fingerprint density at radius 2 is 2.11 bits per heavy atom. The number of hydrogen-bond acceptors (Lipinski definition) is 4. The summed E-state index contributed by atoms with van der Waals surface area (Å²) in [6.07, 6.45) is 6.74. The topological polar surface area (TPSA) is 53.5 Å². The van der Waals surface area contributed by atoms with Crippen LogP contribution < -0.4 is 10.6 Å². The highest BCUT2D eigenvalue weighted by Crippen LogP contribution is 2.41. The number of amidine groups is 1. The number of hydrogen-bond donors (Lipinski definition) is 2. The fraction of sp³-hybridized carbons (Fsp3) is 0.846. The van der Waals surface area contributed by atoms with Gasteiger partial charge in [-0.2, -0.15) is 0 Å². The van der Waals surface area contributed by atoms with E-state index in [9.17, 15) is 4.79 Å². The lowest BCUT2D eigenvalue weighted by Gasteiger charge is -2.38. The van der Waals surface area contributed by atoms with Crippen molar-refractivity contribution in [3.8, 4) is 0 Å². The summed E-state index contributed by atoms with van der Waals surface area (Å²) < 4.78 is 0. The van der Waals surface area contributed by atoms with Crippen LogP contribution in [0.25, 0.3) is 0 Å². The van der Waals surface area contributed by atoms with Gasteiger partial charge in [0.1, 0.15) is 6.04 Å². The van der Waals surface area contributed by atoms with Crippen LogP contribution in [0.3, 0.4) is 0 Å². The maximum atomic E-state index is 11.4. The predicted molar refractivity (Wildman–Crippen MR) is 76.9 cm³/mol. The number of amides is 1. The first-order valence-corrected chi connectivity index (χ1v) is 7.79. The van der Waals surface area contributed by atoms with Crippen molar-refractivity contribution in [3.05, 3.63) is 0 Å². The molecule has 102 valence electrons. The molecule has 1 fully saturated rings. The van der Waals surface area contributed by atoms with E-state index in [4.69, 9.17) is 0 Å². The minimum absolute atomic E-state index is 0.0104. The minimum Gasteiger partial charge on any atom is -0.357 e. The number of nitrogens with one attached hydrogen (secondary N) is 2. The Labute approximate surface area is 113 Å². The molecule has 2 aliphatic rings. The Morgan fingerprint density at radius 1 is 1.39 bits per heavy atom. The van der Waals surface area contributed by atoms with Crippen LogP contribution in [-0.2, 0) is 4.79 Å². The zero-order valence-electron chi connectivity index (χ0n) is 11.3. The molecule has 0 aromatic heterocycles. The average molecular weight is 269 g/mol. The van der Waals surface area contributed by atoms with Gasteiger partial charge >= 0.3 is 0 Å². The molecule has 0 aromatic rings. The number of carbonyl (C=O) groups excluding carboxylic acids is 1. The molecule has 1 amide bonds. The number of likely N-dealkylation sites (N-methyl/N-ethyl adjacent to an activating group) is 1. The highest BCUT2D eigenvalue weighted by Gasteiger charge is 2.35. The van der Waals surface area contributed by atoms with Gasteiger partial charge in [-0.15, -0.1) is 0 Å². The molecule has 1 atom stereocenters. The van der Waals surface area contributed by atoms with Crippen molar-refractivity contribution in [2.24, 2.45) is 10.4 Å². The first kappa shape index (κ1) is 13.7. The van der Waals surface area contributed by atoms with E-state index in [1.807, 2.05) is 6.92 Å². The van der Waals surface area contributed by atoms with E-state index in [-0.39, 0.29) is 11.9 Å². The summed E-state index contributed by atoms with van der Waals surface area (Å²) in [7, 11) is 1.66. The molecular weight excluding hydrogens is 246 g/mol. The number of nitrogens with zero attached hydrogens (tertiary/aromatic N) is 1. The van der Waals surface area contributed by atoms with E-state index in [0.717, 1.165) is 17.5 Å². The van der Waals surface area contributed by atoms with Crippen LogP contribution in [-0.4, -0.2) is 36.5 Å². The predicted octanol–water partition coefficient (Wildman–Crippen LogP) is 1.76. The van der Waals surface area contributed by atoms with Crippen LogP contribution in [0.4, 0.5) is 0 Å². The molecule has 18 heavy (non-hydrogen) atoms. The number of thioether (sulfide) groups is 1. The largest absolute Gasteiger partial charge is 0.357 e. The molecule has 0 bridgehead atoms. The number of aliphatic imine (C=N–C) groups is 1. The van der Waals surface area contributed by atoms with Crippen molar-refractivity contribution < 1.29 is 4.79 Å². The summed E-state index contributed by atoms with van der Waals surface area (Å²) >= 11 is 1.78. The van der Waals surface area contributed by atoms with Gasteiger partial charge < -0.3 is 10.6 Å². The van der Waals surface area contributed by atoms with Gasteiger partial charge in [0, 0.05) is 19.3 Å². The van der Waals surface area contributed by atoms with Crippen molar-refractivity contribution >= 4 is 22.8 Å². The Kier molecular flexibility index (Phi) is 4.54. The molecule has 2 rings (SSSR count). The number of carbonyl (C=O) groups is 1. The quantitative estimate of drug-likeness (QED) is 0.803. The average Bonchev–Trinajstić information content (AvgIpc) is 2.41. The van der Waals surface area contributed by atoms with E-state index in [1.165, 1.54) is 32.1 Å². The monoisotopic (exact) mass is 269 g/mol. The molecule has 1 aliphatic heterocycles. The SMILES string of the molecule is CNC(=O)C(C)NC1=NCC2(CCCCC2)CS1. The molecule has 1 spiro atoms. The Hall–Kier alpha value is -0.710. The Morgan fingerprint density at radius 3 is 2.67 bits per heavy atom. The molecule has 1 aliphatic carbocycles. The fourth-order valence-electron chi connectivity index (χ4n) is 2.71. The van der Waals surface area contributed by atoms with Crippen LogP contribution in [0.1, 0.15) is 39.0 Å². The molecule has 0 aromatic carbocycles. The van der Waals surface area contributed by atoms with Crippen molar-refractivity contribution in [2.75, 3.05) is 19.3 Å². The van der Waals surface area contributed by atoms with E-state index in [1.54, 1.807) is 18.8 Å². The van der Waals surface area contributed by atoms with Crippen LogP contribution in [0, 0.1) is 5.41 Å². The van der Waals surface area contributed by atoms with Crippen molar-refractivity contribution in [3.63, 3.8) is 0 Å². The molecule has 4 nitrogen and oxygen atoms in total. The summed E-state index contributed by atoms with van der Waals surface area (Å²) in [4.78, 5) is 16.1. The summed E-state index contributed by atoms with van der Waals surface area (Å²) in [6.45, 7) is 2.80. The van der Waals surface area contributed by atoms with Gasteiger partial charge in [0.05, 0.1) is 0 Å². The third-order valence-electron chi connectivity index (χ3n) is 3.97. The zero-order chi connectivity index (χ0) is 13.0. The first-order valence-electron chi connectivity index (χ1n) is 6.81. The number of rotatable bonds is 2. The molecule has 5 heteroatoms. The van der Waals surface area contributed by atoms with E-state index in [0.29, 0.717) is 5.41 Å². The molecule has 1 heterocycles. The molecule has 1 saturated carbocycles. The van der Waals surface area contributed by atoms with Gasteiger partial charge in [-0.1, -0.05) is 31.0 Å². The van der Waals surface area contributed by atoms with Crippen LogP contribution in [0.15, 0.2) is 4.99 Å². The third kappa shape index (κ3) is 3.19. The maximum Gasteiger partial charge on any atom is 0.242 e. The van der Waals surface area contributed by atoms with E-state index in [2.05, 4.69) is 15.6 Å². The van der Waals surface area contributed by atoms with Crippen molar-refractivity contribution in [1.82, 2.24) is 10.6 Å². The normalized spacial score (nSPS) is 24.2. The van der Waals surface area contributed by atoms with Gasteiger partial charge in [0.25, 0.3) is 0 Å². The Balaban J connectivity index is 1.88. The second-order valence-corrected chi connectivity index (χ2v) is 6.42. The molecular formula is C13H23N3OS. The Bertz CT molecular complexity index is 337. The van der Waals surface area contributed by atoms with E-state index >= 15 is 0 Å². The van der Waals surface area contributed by atoms with Crippen LogP contribution in [0.2, 0.25) is 0 Å². The lowest BCUT2D eigenvalue weighted by molar-refractivity contribution is -0.121. The van der Waals surface area contributed by atoms with E-state index < -0.39 is 0 Å². The molecule has 2 N–H and O–H groups in total. The second-order valence-electron chi connectivity index (χ2n) is 5.45. The standard InChI is InChI=1S/C13H23N3OS/c1-10(11(17)14-2)16-12-15-8-13(9-18-12)6-4-3-5-7-13/h10H,3-9H2,1-2H3,(H,14,17)(H,15,16). The second kappa shape index (κ2) is 5.95. The maximum absolute atomic E-state index is 11.4. The lowest BCUT2D eigenvalue weighted by atomic mass is 9.75. The van der Waals surface area contributed by atoms with Gasteiger partial charge in [-0.3, -0.25) is 9.79 Å². The third-order valence-corrected chi connectivity index (χ3v) is 5.24. The summed E-state index contributed by atoms with van der Waals surface area (Å²) in [5.74, 6) is 1.16. The van der Waals surface area contributed by atoms with Crippen LogP contribution in [0.5, 0.6) is 0 Å². The molecule has 0 saturated heterocycles.